The largest absolute Gasteiger partial charge is 0.490 e. The third-order valence-corrected chi connectivity index (χ3v) is 5.57. The highest BCUT2D eigenvalue weighted by Gasteiger charge is 2.11. The maximum absolute atomic E-state index is 13.4. The van der Waals surface area contributed by atoms with Gasteiger partial charge in [-0.2, -0.15) is 0 Å². The number of fused-ring (bicyclic) bond motifs is 1. The SMILES string of the molecule is Cc1ncc(CN=C(NCCc2cccc(F)c2)Nc2ccc3c(c2)OCCCO3)s1. The van der Waals surface area contributed by atoms with E-state index in [1.54, 1.807) is 23.5 Å². The molecular formula is C23H25FN4O2S. The van der Waals surface area contributed by atoms with Gasteiger partial charge in [0.05, 0.1) is 24.8 Å². The summed E-state index contributed by atoms with van der Waals surface area (Å²) >= 11 is 1.63. The Morgan fingerprint density at radius 3 is 2.84 bits per heavy atom. The molecule has 1 aliphatic heterocycles. The van der Waals surface area contributed by atoms with E-state index >= 15 is 0 Å². The molecule has 162 valence electrons. The summed E-state index contributed by atoms with van der Waals surface area (Å²) in [5.41, 5.74) is 1.78. The van der Waals surface area contributed by atoms with Crippen LogP contribution in [0.1, 0.15) is 21.9 Å². The smallest absolute Gasteiger partial charge is 0.196 e. The topological polar surface area (TPSA) is 67.8 Å². The molecule has 0 aliphatic carbocycles. The van der Waals surface area contributed by atoms with Crippen molar-refractivity contribution in [2.24, 2.45) is 4.99 Å². The van der Waals surface area contributed by atoms with Crippen LogP contribution in [0.5, 0.6) is 11.5 Å². The van der Waals surface area contributed by atoms with Gasteiger partial charge in [0.15, 0.2) is 17.5 Å². The number of anilines is 1. The summed E-state index contributed by atoms with van der Waals surface area (Å²) in [6.07, 6.45) is 3.39. The minimum atomic E-state index is -0.225. The zero-order valence-electron chi connectivity index (χ0n) is 17.4. The summed E-state index contributed by atoms with van der Waals surface area (Å²) in [6.45, 7) is 4.40. The average molecular weight is 441 g/mol. The van der Waals surface area contributed by atoms with Crippen molar-refractivity contribution in [2.45, 2.75) is 26.3 Å². The van der Waals surface area contributed by atoms with Crippen LogP contribution in [0.25, 0.3) is 0 Å². The summed E-state index contributed by atoms with van der Waals surface area (Å²) in [4.78, 5) is 10.1. The molecule has 0 saturated carbocycles. The van der Waals surface area contributed by atoms with E-state index in [0.29, 0.717) is 38.7 Å². The van der Waals surface area contributed by atoms with Crippen molar-refractivity contribution < 1.29 is 13.9 Å². The number of aromatic nitrogens is 1. The third kappa shape index (κ3) is 6.18. The highest BCUT2D eigenvalue weighted by Crippen LogP contribution is 2.32. The molecule has 0 unspecified atom stereocenters. The summed E-state index contributed by atoms with van der Waals surface area (Å²) in [6, 6.07) is 12.4. The lowest BCUT2D eigenvalue weighted by Crippen LogP contribution is -2.32. The number of rotatable bonds is 6. The van der Waals surface area contributed by atoms with Crippen molar-refractivity contribution in [3.05, 3.63) is 69.9 Å². The Morgan fingerprint density at radius 2 is 2.03 bits per heavy atom. The Morgan fingerprint density at radius 1 is 1.16 bits per heavy atom. The van der Waals surface area contributed by atoms with Crippen LogP contribution >= 0.6 is 11.3 Å². The molecule has 2 N–H and O–H groups in total. The number of hydrogen-bond acceptors (Lipinski definition) is 5. The second-order valence-electron chi connectivity index (χ2n) is 7.15. The number of nitrogens with zero attached hydrogens (tertiary/aromatic N) is 2. The Kier molecular flexibility index (Phi) is 6.99. The number of nitrogens with one attached hydrogen (secondary N) is 2. The van der Waals surface area contributed by atoms with Gasteiger partial charge in [0.1, 0.15) is 5.82 Å². The van der Waals surface area contributed by atoms with Gasteiger partial charge in [-0.15, -0.1) is 11.3 Å². The predicted octanol–water partition coefficient (Wildman–Crippen LogP) is 4.55. The molecule has 8 heteroatoms. The molecule has 1 aliphatic rings. The molecule has 0 fully saturated rings. The van der Waals surface area contributed by atoms with Crippen molar-refractivity contribution in [2.75, 3.05) is 25.1 Å². The minimum absolute atomic E-state index is 0.225. The molecule has 0 spiro atoms. The van der Waals surface area contributed by atoms with E-state index in [2.05, 4.69) is 15.6 Å². The summed E-state index contributed by atoms with van der Waals surface area (Å²) in [5.74, 6) is 1.88. The lowest BCUT2D eigenvalue weighted by Gasteiger charge is -2.14. The molecule has 2 heterocycles. The van der Waals surface area contributed by atoms with Crippen LogP contribution in [0, 0.1) is 12.7 Å². The number of aryl methyl sites for hydroxylation is 1. The molecule has 0 atom stereocenters. The quantitative estimate of drug-likeness (QED) is 0.435. The second-order valence-corrected chi connectivity index (χ2v) is 8.47. The van der Waals surface area contributed by atoms with Crippen LogP contribution in [0.2, 0.25) is 0 Å². The molecule has 0 radical (unpaired) electrons. The van der Waals surface area contributed by atoms with Gasteiger partial charge >= 0.3 is 0 Å². The fourth-order valence-corrected chi connectivity index (χ4v) is 3.89. The van der Waals surface area contributed by atoms with E-state index in [1.165, 1.54) is 6.07 Å². The molecule has 3 aromatic rings. The van der Waals surface area contributed by atoms with Gasteiger partial charge in [0.25, 0.3) is 0 Å². The lowest BCUT2D eigenvalue weighted by molar-refractivity contribution is 0.297. The molecule has 4 rings (SSSR count). The fourth-order valence-electron chi connectivity index (χ4n) is 3.17. The van der Waals surface area contributed by atoms with Gasteiger partial charge in [-0.3, -0.25) is 0 Å². The number of guanidine groups is 1. The van der Waals surface area contributed by atoms with Crippen LogP contribution in [0.3, 0.4) is 0 Å². The van der Waals surface area contributed by atoms with E-state index in [4.69, 9.17) is 14.5 Å². The number of aliphatic imine (C=N–C) groups is 1. The monoisotopic (exact) mass is 440 g/mol. The normalized spacial score (nSPS) is 13.5. The molecular weight excluding hydrogens is 415 g/mol. The maximum Gasteiger partial charge on any atom is 0.196 e. The Balaban J connectivity index is 1.45. The molecule has 0 saturated heterocycles. The minimum Gasteiger partial charge on any atom is -0.490 e. The molecule has 2 aromatic carbocycles. The average Bonchev–Trinajstić information content (AvgIpc) is 3.03. The standard InChI is InChI=1S/C23H25FN4O2S/c1-16-26-14-20(31-16)15-27-23(25-9-8-17-4-2-5-18(24)12-17)28-19-6-7-21-22(13-19)30-11-3-10-29-21/h2,4-7,12-14H,3,8-11,15H2,1H3,(H2,25,27,28). The van der Waals surface area contributed by atoms with Crippen molar-refractivity contribution >= 4 is 23.0 Å². The third-order valence-electron chi connectivity index (χ3n) is 4.67. The summed E-state index contributed by atoms with van der Waals surface area (Å²) < 4.78 is 24.9. The number of halogens is 1. The number of benzene rings is 2. The van der Waals surface area contributed by atoms with Crippen molar-refractivity contribution in [1.82, 2.24) is 10.3 Å². The molecule has 1 aromatic heterocycles. The zero-order valence-corrected chi connectivity index (χ0v) is 18.2. The highest BCUT2D eigenvalue weighted by molar-refractivity contribution is 7.11. The van der Waals surface area contributed by atoms with Crippen LogP contribution in [-0.4, -0.2) is 30.7 Å². The molecule has 0 amide bonds. The number of thiazole rings is 1. The molecule has 0 bridgehead atoms. The van der Waals surface area contributed by atoms with E-state index in [9.17, 15) is 4.39 Å². The first kappa shape index (κ1) is 21.1. The van der Waals surface area contributed by atoms with Gasteiger partial charge in [-0.1, -0.05) is 12.1 Å². The van der Waals surface area contributed by atoms with Crippen molar-refractivity contribution in [3.63, 3.8) is 0 Å². The van der Waals surface area contributed by atoms with E-state index in [0.717, 1.165) is 39.1 Å². The van der Waals surface area contributed by atoms with E-state index in [-0.39, 0.29) is 5.82 Å². The molecule has 31 heavy (non-hydrogen) atoms. The Labute approximate surface area is 185 Å². The molecule has 6 nitrogen and oxygen atoms in total. The Hall–Kier alpha value is -3.13. The first-order chi connectivity index (χ1) is 15.2. The number of ether oxygens (including phenoxy) is 2. The van der Waals surface area contributed by atoms with Crippen LogP contribution in [0.4, 0.5) is 10.1 Å². The van der Waals surface area contributed by atoms with E-state index in [1.807, 2.05) is 37.4 Å². The predicted molar refractivity (Wildman–Crippen MR) is 122 cm³/mol. The van der Waals surface area contributed by atoms with Crippen LogP contribution < -0.4 is 20.1 Å². The summed E-state index contributed by atoms with van der Waals surface area (Å²) in [5, 5.41) is 7.69. The van der Waals surface area contributed by atoms with Gasteiger partial charge in [-0.25, -0.2) is 14.4 Å². The van der Waals surface area contributed by atoms with Gasteiger partial charge in [0.2, 0.25) is 0 Å². The number of hydrogen-bond donors (Lipinski definition) is 2. The van der Waals surface area contributed by atoms with Crippen molar-refractivity contribution in [3.8, 4) is 11.5 Å². The zero-order chi connectivity index (χ0) is 21.5. The van der Waals surface area contributed by atoms with Gasteiger partial charge in [-0.05, 0) is 43.2 Å². The second kappa shape index (κ2) is 10.3. The highest BCUT2D eigenvalue weighted by atomic mass is 32.1. The first-order valence-corrected chi connectivity index (χ1v) is 11.1. The fraction of sp³-hybridized carbons (Fsp3) is 0.304. The van der Waals surface area contributed by atoms with Gasteiger partial charge in [0, 0.05) is 35.8 Å². The van der Waals surface area contributed by atoms with E-state index < -0.39 is 0 Å². The van der Waals surface area contributed by atoms with Crippen LogP contribution in [0.15, 0.2) is 53.7 Å². The first-order valence-electron chi connectivity index (χ1n) is 10.3. The lowest BCUT2D eigenvalue weighted by atomic mass is 10.1. The van der Waals surface area contributed by atoms with Crippen LogP contribution in [-0.2, 0) is 13.0 Å². The van der Waals surface area contributed by atoms with Crippen molar-refractivity contribution in [1.29, 1.82) is 0 Å². The Bertz CT molecular complexity index is 1050. The van der Waals surface area contributed by atoms with Gasteiger partial charge < -0.3 is 20.1 Å². The summed E-state index contributed by atoms with van der Waals surface area (Å²) in [7, 11) is 0. The maximum atomic E-state index is 13.4.